The summed E-state index contributed by atoms with van der Waals surface area (Å²) in [6, 6.07) is 9.81. The zero-order valence-electron chi connectivity index (χ0n) is 12.0. The van der Waals surface area contributed by atoms with E-state index < -0.39 is 0 Å². The van der Waals surface area contributed by atoms with Crippen LogP contribution in [0.1, 0.15) is 33.8 Å². The summed E-state index contributed by atoms with van der Waals surface area (Å²) < 4.78 is 1.67. The Labute approximate surface area is 127 Å². The molecule has 5 heteroatoms. The van der Waals surface area contributed by atoms with Gasteiger partial charge in [0.05, 0.1) is 6.54 Å². The molecular weight excluding hydrogens is 284 g/mol. The zero-order valence-corrected chi connectivity index (χ0v) is 12.8. The first kappa shape index (κ1) is 14.1. The number of amides is 1. The van der Waals surface area contributed by atoms with Gasteiger partial charge in [0, 0.05) is 12.2 Å². The minimum atomic E-state index is -0.117. The van der Waals surface area contributed by atoms with Crippen molar-refractivity contribution >= 4 is 17.2 Å². The Bertz CT molecular complexity index is 699. The van der Waals surface area contributed by atoms with Gasteiger partial charge >= 0.3 is 4.87 Å². The molecule has 0 unspecified atom stereocenters. The molecule has 2 aromatic rings. The number of hydrogen-bond donors (Lipinski definition) is 1. The molecule has 1 aromatic carbocycles. The summed E-state index contributed by atoms with van der Waals surface area (Å²) in [6.45, 7) is 3.08. The van der Waals surface area contributed by atoms with Gasteiger partial charge in [-0.05, 0) is 31.2 Å². The van der Waals surface area contributed by atoms with Crippen LogP contribution in [0.3, 0.4) is 0 Å². The van der Waals surface area contributed by atoms with E-state index in [0.717, 1.165) is 29.1 Å². The predicted molar refractivity (Wildman–Crippen MR) is 83.9 cm³/mol. The Hall–Kier alpha value is -1.88. The summed E-state index contributed by atoms with van der Waals surface area (Å²) in [5, 5.41) is 2.93. The van der Waals surface area contributed by atoms with Gasteiger partial charge in [0.1, 0.15) is 4.88 Å². The average Bonchev–Trinajstić information content (AvgIpc) is 3.28. The number of thiazole rings is 1. The van der Waals surface area contributed by atoms with Gasteiger partial charge in [-0.2, -0.15) is 0 Å². The Morgan fingerprint density at radius 1 is 1.33 bits per heavy atom. The lowest BCUT2D eigenvalue weighted by molar-refractivity contribution is 0.0954. The van der Waals surface area contributed by atoms with E-state index in [1.54, 1.807) is 4.57 Å². The van der Waals surface area contributed by atoms with Crippen molar-refractivity contribution in [1.29, 1.82) is 0 Å². The molecule has 0 atom stereocenters. The number of hydrogen-bond acceptors (Lipinski definition) is 3. The SMILES string of the molecule is Cc1c(C(=O)NCC2CC2)sc(=O)n1Cc1ccccc1. The lowest BCUT2D eigenvalue weighted by Crippen LogP contribution is -2.25. The Kier molecular flexibility index (Phi) is 3.92. The quantitative estimate of drug-likeness (QED) is 0.922. The second-order valence-electron chi connectivity index (χ2n) is 5.51. The van der Waals surface area contributed by atoms with Crippen molar-refractivity contribution in [3.05, 3.63) is 56.1 Å². The van der Waals surface area contributed by atoms with Crippen LogP contribution in [-0.2, 0) is 6.54 Å². The third-order valence-corrected chi connectivity index (χ3v) is 4.86. The zero-order chi connectivity index (χ0) is 14.8. The number of nitrogens with one attached hydrogen (secondary N) is 1. The molecule has 1 fully saturated rings. The molecule has 1 aliphatic carbocycles. The van der Waals surface area contributed by atoms with E-state index >= 15 is 0 Å². The van der Waals surface area contributed by atoms with Crippen molar-refractivity contribution < 1.29 is 4.79 Å². The molecule has 4 nitrogen and oxygen atoms in total. The maximum atomic E-state index is 12.2. The van der Waals surface area contributed by atoms with Crippen molar-refractivity contribution in [2.75, 3.05) is 6.54 Å². The van der Waals surface area contributed by atoms with Crippen molar-refractivity contribution in [2.45, 2.75) is 26.3 Å². The van der Waals surface area contributed by atoms with Crippen LogP contribution in [0, 0.1) is 12.8 Å². The lowest BCUT2D eigenvalue weighted by Gasteiger charge is -2.06. The third kappa shape index (κ3) is 3.24. The Morgan fingerprint density at radius 3 is 2.71 bits per heavy atom. The molecule has 1 N–H and O–H groups in total. The van der Waals surface area contributed by atoms with Crippen LogP contribution in [0.4, 0.5) is 0 Å². The summed E-state index contributed by atoms with van der Waals surface area (Å²) in [5.41, 5.74) is 1.81. The highest BCUT2D eigenvalue weighted by atomic mass is 32.1. The Morgan fingerprint density at radius 2 is 2.05 bits per heavy atom. The molecule has 0 aliphatic heterocycles. The highest BCUT2D eigenvalue weighted by Crippen LogP contribution is 2.27. The highest BCUT2D eigenvalue weighted by molar-refractivity contribution is 7.11. The first-order valence-corrected chi connectivity index (χ1v) is 7.99. The molecule has 21 heavy (non-hydrogen) atoms. The molecule has 0 saturated heterocycles. The third-order valence-electron chi connectivity index (χ3n) is 3.78. The molecule has 3 rings (SSSR count). The smallest absolute Gasteiger partial charge is 0.308 e. The molecule has 0 bridgehead atoms. The average molecular weight is 302 g/mol. The maximum Gasteiger partial charge on any atom is 0.308 e. The van der Waals surface area contributed by atoms with Gasteiger partial charge in [-0.3, -0.25) is 14.2 Å². The van der Waals surface area contributed by atoms with E-state index in [1.807, 2.05) is 37.3 Å². The van der Waals surface area contributed by atoms with Crippen molar-refractivity contribution in [1.82, 2.24) is 9.88 Å². The molecule has 110 valence electrons. The fourth-order valence-electron chi connectivity index (χ4n) is 2.27. The van der Waals surface area contributed by atoms with Crippen LogP contribution in [0.25, 0.3) is 0 Å². The van der Waals surface area contributed by atoms with E-state index in [-0.39, 0.29) is 10.8 Å². The van der Waals surface area contributed by atoms with Crippen molar-refractivity contribution in [2.24, 2.45) is 5.92 Å². The molecule has 1 amide bonds. The van der Waals surface area contributed by atoms with Gasteiger partial charge in [0.25, 0.3) is 5.91 Å². The van der Waals surface area contributed by atoms with Gasteiger partial charge in [-0.25, -0.2) is 0 Å². The fourth-order valence-corrected chi connectivity index (χ4v) is 3.18. The number of nitrogens with zero attached hydrogens (tertiary/aromatic N) is 1. The molecule has 1 aliphatic rings. The summed E-state index contributed by atoms with van der Waals surface area (Å²) in [5.74, 6) is 0.519. The number of carbonyl (C=O) groups excluding carboxylic acids is 1. The van der Waals surface area contributed by atoms with Gasteiger partial charge in [0.2, 0.25) is 0 Å². The molecular formula is C16H18N2O2S. The van der Waals surface area contributed by atoms with Crippen LogP contribution in [-0.4, -0.2) is 17.0 Å². The van der Waals surface area contributed by atoms with Gasteiger partial charge in [-0.1, -0.05) is 41.7 Å². The fraction of sp³-hybridized carbons (Fsp3) is 0.375. The largest absolute Gasteiger partial charge is 0.351 e. The van der Waals surface area contributed by atoms with Crippen LogP contribution in [0.15, 0.2) is 35.1 Å². The van der Waals surface area contributed by atoms with E-state index in [2.05, 4.69) is 5.32 Å². The van der Waals surface area contributed by atoms with Gasteiger partial charge in [-0.15, -0.1) is 0 Å². The second-order valence-corrected chi connectivity index (χ2v) is 6.47. The van der Waals surface area contributed by atoms with E-state index in [1.165, 1.54) is 12.8 Å². The monoisotopic (exact) mass is 302 g/mol. The van der Waals surface area contributed by atoms with Crippen LogP contribution in [0.2, 0.25) is 0 Å². The molecule has 1 heterocycles. The molecule has 0 spiro atoms. The number of rotatable bonds is 5. The normalized spacial score (nSPS) is 14.1. The van der Waals surface area contributed by atoms with Crippen LogP contribution < -0.4 is 10.2 Å². The number of benzene rings is 1. The van der Waals surface area contributed by atoms with E-state index in [9.17, 15) is 9.59 Å². The summed E-state index contributed by atoms with van der Waals surface area (Å²) >= 11 is 1.04. The summed E-state index contributed by atoms with van der Waals surface area (Å²) in [7, 11) is 0. The topological polar surface area (TPSA) is 51.1 Å². The summed E-state index contributed by atoms with van der Waals surface area (Å²) in [4.78, 5) is 24.7. The van der Waals surface area contributed by atoms with E-state index in [4.69, 9.17) is 0 Å². The van der Waals surface area contributed by atoms with Crippen molar-refractivity contribution in [3.63, 3.8) is 0 Å². The lowest BCUT2D eigenvalue weighted by atomic mass is 10.2. The second kappa shape index (κ2) is 5.85. The number of carbonyl (C=O) groups is 1. The van der Waals surface area contributed by atoms with Crippen LogP contribution >= 0.6 is 11.3 Å². The predicted octanol–water partition coefficient (Wildman–Crippen LogP) is 2.41. The first-order chi connectivity index (χ1) is 10.1. The standard InChI is InChI=1S/C16H18N2O2S/c1-11-14(15(19)17-9-12-7-8-12)21-16(20)18(11)10-13-5-3-2-4-6-13/h2-6,12H,7-10H2,1H3,(H,17,19). The minimum absolute atomic E-state index is 0.0760. The molecule has 1 aromatic heterocycles. The highest BCUT2D eigenvalue weighted by Gasteiger charge is 2.23. The Balaban J connectivity index is 1.78. The van der Waals surface area contributed by atoms with Gasteiger partial charge in [0.15, 0.2) is 0 Å². The molecule has 1 saturated carbocycles. The van der Waals surface area contributed by atoms with Crippen molar-refractivity contribution in [3.8, 4) is 0 Å². The maximum absolute atomic E-state index is 12.2. The summed E-state index contributed by atoms with van der Waals surface area (Å²) in [6.07, 6.45) is 2.40. The minimum Gasteiger partial charge on any atom is -0.351 e. The first-order valence-electron chi connectivity index (χ1n) is 7.17. The van der Waals surface area contributed by atoms with Crippen LogP contribution in [0.5, 0.6) is 0 Å². The number of aromatic nitrogens is 1. The molecule has 0 radical (unpaired) electrons. The van der Waals surface area contributed by atoms with Gasteiger partial charge < -0.3 is 5.32 Å². The van der Waals surface area contributed by atoms with E-state index in [0.29, 0.717) is 17.3 Å².